The van der Waals surface area contributed by atoms with Gasteiger partial charge in [-0.1, -0.05) is 18.2 Å². The van der Waals surface area contributed by atoms with E-state index in [1.807, 2.05) is 42.5 Å². The van der Waals surface area contributed by atoms with E-state index in [9.17, 15) is 4.79 Å². The Morgan fingerprint density at radius 3 is 2.83 bits per heavy atom. The number of fused-ring (bicyclic) bond motifs is 2. The second kappa shape index (κ2) is 7.75. The Morgan fingerprint density at radius 2 is 1.97 bits per heavy atom. The van der Waals surface area contributed by atoms with Crippen LogP contribution in [0, 0.1) is 5.92 Å². The molecule has 5 rings (SSSR count). The molecule has 150 valence electrons. The van der Waals surface area contributed by atoms with Crippen LogP contribution < -0.4 is 14.8 Å². The summed E-state index contributed by atoms with van der Waals surface area (Å²) in [5, 5.41) is 3.07. The Balaban J connectivity index is 1.11. The number of rotatable bonds is 5. The van der Waals surface area contributed by atoms with Gasteiger partial charge in [-0.05, 0) is 55.8 Å². The number of para-hydroxylation sites is 2. The number of nitrogens with zero attached hydrogens (tertiary/aromatic N) is 2. The smallest absolute Gasteiger partial charge is 0.231 e. The molecule has 0 atom stereocenters. The third-order valence-corrected chi connectivity index (χ3v) is 5.67. The zero-order valence-corrected chi connectivity index (χ0v) is 16.2. The summed E-state index contributed by atoms with van der Waals surface area (Å²) in [6.45, 7) is 3.37. The number of carbonyl (C=O) groups excluding carboxylic acids is 1. The van der Waals surface area contributed by atoms with Crippen molar-refractivity contribution in [3.05, 3.63) is 53.9 Å². The van der Waals surface area contributed by atoms with Crippen LogP contribution in [0.15, 0.2) is 42.5 Å². The van der Waals surface area contributed by atoms with Gasteiger partial charge in [-0.15, -0.1) is 0 Å². The van der Waals surface area contributed by atoms with Crippen molar-refractivity contribution in [3.8, 4) is 11.5 Å². The summed E-state index contributed by atoms with van der Waals surface area (Å²) in [7, 11) is 0. The third-order valence-electron chi connectivity index (χ3n) is 5.67. The summed E-state index contributed by atoms with van der Waals surface area (Å²) < 4.78 is 10.7. The number of benzene rings is 2. The summed E-state index contributed by atoms with van der Waals surface area (Å²) in [5.41, 5.74) is 3.09. The number of aromatic amines is 1. The zero-order chi connectivity index (χ0) is 19.6. The molecular weight excluding hydrogens is 368 g/mol. The first-order chi connectivity index (χ1) is 14.2. The first-order valence-electron chi connectivity index (χ1n) is 10.1. The number of imidazole rings is 1. The lowest BCUT2D eigenvalue weighted by Gasteiger charge is -2.30. The molecule has 3 heterocycles. The minimum absolute atomic E-state index is 0.0657. The van der Waals surface area contributed by atoms with Gasteiger partial charge in [-0.3, -0.25) is 9.69 Å². The van der Waals surface area contributed by atoms with Gasteiger partial charge in [0.2, 0.25) is 12.7 Å². The lowest BCUT2D eigenvalue weighted by molar-refractivity contribution is -0.126. The van der Waals surface area contributed by atoms with Crippen LogP contribution in [0.4, 0.5) is 0 Å². The molecule has 1 saturated heterocycles. The standard InChI is InChI=1S/C22H24N4O3/c27-22(23-12-15-5-6-19-20(11-15)29-14-28-19)16-7-9-26(10-8-16)13-21-24-17-3-1-2-4-18(17)25-21/h1-6,11,16H,7-10,12-14H2,(H,23,27)(H,24,25). The molecule has 1 aromatic heterocycles. The average Bonchev–Trinajstić information content (AvgIpc) is 3.38. The maximum atomic E-state index is 12.6. The quantitative estimate of drug-likeness (QED) is 0.698. The highest BCUT2D eigenvalue weighted by molar-refractivity contribution is 5.78. The van der Waals surface area contributed by atoms with Crippen LogP contribution in [0.5, 0.6) is 11.5 Å². The van der Waals surface area contributed by atoms with Crippen molar-refractivity contribution >= 4 is 16.9 Å². The number of hydrogen-bond donors (Lipinski definition) is 2. The monoisotopic (exact) mass is 392 g/mol. The fourth-order valence-electron chi connectivity index (χ4n) is 4.03. The van der Waals surface area contributed by atoms with Crippen LogP contribution in [0.1, 0.15) is 24.2 Å². The molecule has 29 heavy (non-hydrogen) atoms. The number of amides is 1. The van der Waals surface area contributed by atoms with E-state index >= 15 is 0 Å². The van der Waals surface area contributed by atoms with Gasteiger partial charge in [-0.25, -0.2) is 4.98 Å². The van der Waals surface area contributed by atoms with Crippen LogP contribution in [0.3, 0.4) is 0 Å². The van der Waals surface area contributed by atoms with E-state index in [4.69, 9.17) is 9.47 Å². The average molecular weight is 392 g/mol. The number of aromatic nitrogens is 2. The number of nitrogens with one attached hydrogen (secondary N) is 2. The van der Waals surface area contributed by atoms with Crippen molar-refractivity contribution in [2.75, 3.05) is 19.9 Å². The largest absolute Gasteiger partial charge is 0.454 e. The number of piperidine rings is 1. The number of ether oxygens (including phenoxy) is 2. The summed E-state index contributed by atoms with van der Waals surface area (Å²) in [6.07, 6.45) is 1.74. The Labute approximate surface area is 169 Å². The maximum absolute atomic E-state index is 12.6. The predicted octanol–water partition coefficient (Wildman–Crippen LogP) is 2.82. The lowest BCUT2D eigenvalue weighted by atomic mass is 9.96. The van der Waals surface area contributed by atoms with Crippen molar-refractivity contribution in [3.63, 3.8) is 0 Å². The summed E-state index contributed by atoms with van der Waals surface area (Å²) in [6, 6.07) is 13.9. The highest BCUT2D eigenvalue weighted by Gasteiger charge is 2.25. The molecule has 1 fully saturated rings. The molecule has 0 saturated carbocycles. The first kappa shape index (κ1) is 18.0. The van der Waals surface area contributed by atoms with Crippen LogP contribution in [-0.4, -0.2) is 40.7 Å². The highest BCUT2D eigenvalue weighted by atomic mass is 16.7. The molecule has 0 bridgehead atoms. The van der Waals surface area contributed by atoms with Crippen LogP contribution in [0.25, 0.3) is 11.0 Å². The van der Waals surface area contributed by atoms with Crippen molar-refractivity contribution in [2.45, 2.75) is 25.9 Å². The number of hydrogen-bond acceptors (Lipinski definition) is 5. The van der Waals surface area contributed by atoms with Crippen LogP contribution in [0.2, 0.25) is 0 Å². The van der Waals surface area contributed by atoms with E-state index in [0.29, 0.717) is 6.54 Å². The number of H-pyrrole nitrogens is 1. The van der Waals surface area contributed by atoms with Gasteiger partial charge in [0.1, 0.15) is 5.82 Å². The van der Waals surface area contributed by atoms with E-state index < -0.39 is 0 Å². The fraction of sp³-hybridized carbons (Fsp3) is 0.364. The van der Waals surface area contributed by atoms with Crippen molar-refractivity contribution < 1.29 is 14.3 Å². The fourth-order valence-corrected chi connectivity index (χ4v) is 4.03. The van der Waals surface area contributed by atoms with Crippen LogP contribution >= 0.6 is 0 Å². The molecule has 0 radical (unpaired) electrons. The van der Waals surface area contributed by atoms with E-state index in [2.05, 4.69) is 20.2 Å². The van der Waals surface area contributed by atoms with Crippen molar-refractivity contribution in [1.29, 1.82) is 0 Å². The van der Waals surface area contributed by atoms with Crippen molar-refractivity contribution in [2.24, 2.45) is 5.92 Å². The second-order valence-corrected chi connectivity index (χ2v) is 7.66. The van der Waals surface area contributed by atoms with E-state index in [1.165, 1.54) is 0 Å². The number of likely N-dealkylation sites (tertiary alicyclic amines) is 1. The van der Waals surface area contributed by atoms with E-state index in [1.54, 1.807) is 0 Å². The lowest BCUT2D eigenvalue weighted by Crippen LogP contribution is -2.40. The molecule has 2 aromatic carbocycles. The van der Waals surface area contributed by atoms with Gasteiger partial charge in [0, 0.05) is 12.5 Å². The molecule has 1 amide bonds. The van der Waals surface area contributed by atoms with E-state index in [-0.39, 0.29) is 18.6 Å². The normalized spacial score (nSPS) is 17.0. The topological polar surface area (TPSA) is 79.5 Å². The van der Waals surface area contributed by atoms with E-state index in [0.717, 1.165) is 66.4 Å². The molecule has 0 aliphatic carbocycles. The Bertz CT molecular complexity index is 991. The van der Waals surface area contributed by atoms with Gasteiger partial charge in [-0.2, -0.15) is 0 Å². The molecule has 0 spiro atoms. The molecule has 2 aliphatic rings. The SMILES string of the molecule is O=C(NCc1ccc2c(c1)OCO2)C1CCN(Cc2nc3ccccc3[nH]2)CC1. The third kappa shape index (κ3) is 3.91. The van der Waals surface area contributed by atoms with Crippen LogP contribution in [-0.2, 0) is 17.9 Å². The van der Waals surface area contributed by atoms with Crippen molar-refractivity contribution in [1.82, 2.24) is 20.2 Å². The Morgan fingerprint density at radius 1 is 1.14 bits per heavy atom. The van der Waals surface area contributed by atoms with Gasteiger partial charge in [0.15, 0.2) is 11.5 Å². The zero-order valence-electron chi connectivity index (χ0n) is 16.2. The molecule has 7 nitrogen and oxygen atoms in total. The summed E-state index contributed by atoms with van der Waals surface area (Å²) >= 11 is 0. The Hall–Kier alpha value is -3.06. The second-order valence-electron chi connectivity index (χ2n) is 7.66. The maximum Gasteiger partial charge on any atom is 0.231 e. The molecule has 2 aliphatic heterocycles. The molecule has 3 aromatic rings. The van der Waals surface area contributed by atoms with Gasteiger partial charge in [0.25, 0.3) is 0 Å². The van der Waals surface area contributed by atoms with Gasteiger partial charge in [0.05, 0.1) is 17.6 Å². The predicted molar refractivity (Wildman–Crippen MR) is 109 cm³/mol. The van der Waals surface area contributed by atoms with Gasteiger partial charge < -0.3 is 19.8 Å². The Kier molecular flexibility index (Phi) is 4.81. The summed E-state index contributed by atoms with van der Waals surface area (Å²) in [4.78, 5) is 23.0. The molecule has 0 unspecified atom stereocenters. The number of carbonyl (C=O) groups is 1. The highest BCUT2D eigenvalue weighted by Crippen LogP contribution is 2.32. The summed E-state index contributed by atoms with van der Waals surface area (Å²) in [5.74, 6) is 2.69. The van der Waals surface area contributed by atoms with Gasteiger partial charge >= 0.3 is 0 Å². The first-order valence-corrected chi connectivity index (χ1v) is 10.1. The minimum Gasteiger partial charge on any atom is -0.454 e. The minimum atomic E-state index is 0.0657. The molecule has 2 N–H and O–H groups in total. The molecule has 7 heteroatoms. The molecular formula is C22H24N4O3.